The molecule has 0 aromatic carbocycles. The molecule has 0 bridgehead atoms. The van der Waals surface area contributed by atoms with Crippen LogP contribution in [0.15, 0.2) is 59.6 Å². The predicted octanol–water partition coefficient (Wildman–Crippen LogP) is 5.14. The number of nitrogens with one attached hydrogen (secondary N) is 1. The second kappa shape index (κ2) is 9.52. The van der Waals surface area contributed by atoms with E-state index in [0.29, 0.717) is 39.9 Å². The fourth-order valence-electron chi connectivity index (χ4n) is 3.82. The van der Waals surface area contributed by atoms with E-state index in [9.17, 15) is 4.79 Å². The van der Waals surface area contributed by atoms with Gasteiger partial charge < -0.3 is 4.42 Å². The van der Waals surface area contributed by atoms with Crippen molar-refractivity contribution in [1.82, 2.24) is 29.9 Å². The molecule has 10 heteroatoms. The average molecular weight is 474 g/mol. The maximum Gasteiger partial charge on any atom is 0.258 e. The summed E-state index contributed by atoms with van der Waals surface area (Å²) in [7, 11) is 0. The molecule has 5 rings (SSSR count). The van der Waals surface area contributed by atoms with Gasteiger partial charge in [0.1, 0.15) is 17.3 Å². The Balaban J connectivity index is 1.54. The Hall–Kier alpha value is -3.92. The fraction of sp³-hybridized carbons (Fsp3) is 0.250. The number of nitrogens with zero attached hydrogens (tertiary/aromatic N) is 6. The molecule has 5 aromatic heterocycles. The molecule has 5 aromatic rings. The molecule has 0 atom stereocenters. The van der Waals surface area contributed by atoms with Gasteiger partial charge in [0.25, 0.3) is 5.91 Å². The molecule has 0 spiro atoms. The third-order valence-corrected chi connectivity index (χ3v) is 6.69. The maximum atomic E-state index is 13.4. The van der Waals surface area contributed by atoms with E-state index in [-0.39, 0.29) is 5.91 Å². The molecule has 0 saturated carbocycles. The van der Waals surface area contributed by atoms with E-state index >= 15 is 0 Å². The third-order valence-electron chi connectivity index (χ3n) is 5.69. The zero-order valence-corrected chi connectivity index (χ0v) is 19.6. The molecular weight excluding hydrogens is 450 g/mol. The number of hydrogen-bond donors (Lipinski definition) is 1. The smallest absolute Gasteiger partial charge is 0.258 e. The zero-order valence-electron chi connectivity index (χ0n) is 18.8. The molecule has 0 aliphatic carbocycles. The number of pyridine rings is 2. The van der Waals surface area contributed by atoms with Gasteiger partial charge in [-0.25, -0.2) is 9.67 Å². The third kappa shape index (κ3) is 4.32. The second-order valence-electron chi connectivity index (χ2n) is 7.83. The van der Waals surface area contributed by atoms with Crippen LogP contribution in [0.4, 0.5) is 5.13 Å². The first-order valence-electron chi connectivity index (χ1n) is 11.1. The summed E-state index contributed by atoms with van der Waals surface area (Å²) in [5.41, 5.74) is 2.46. The number of amides is 1. The number of fused-ring (bicyclic) bond motifs is 1. The zero-order chi connectivity index (χ0) is 23.5. The fourth-order valence-corrected chi connectivity index (χ4v) is 4.82. The normalized spacial score (nSPS) is 11.4. The largest absolute Gasteiger partial charge is 0.467 e. The first-order valence-corrected chi connectivity index (χ1v) is 11.9. The minimum Gasteiger partial charge on any atom is -0.467 e. The predicted molar refractivity (Wildman–Crippen MR) is 130 cm³/mol. The van der Waals surface area contributed by atoms with E-state index in [0.717, 1.165) is 29.2 Å². The molecule has 0 aliphatic heterocycles. The van der Waals surface area contributed by atoms with Gasteiger partial charge in [0.2, 0.25) is 5.13 Å². The van der Waals surface area contributed by atoms with Crippen molar-refractivity contribution >= 4 is 33.4 Å². The molecule has 0 saturated heterocycles. The van der Waals surface area contributed by atoms with Crippen LogP contribution in [0.2, 0.25) is 0 Å². The summed E-state index contributed by atoms with van der Waals surface area (Å²) < 4.78 is 7.20. The summed E-state index contributed by atoms with van der Waals surface area (Å²) in [4.78, 5) is 22.4. The minimum atomic E-state index is -0.290. The van der Waals surface area contributed by atoms with Crippen LogP contribution in [0, 0.1) is 0 Å². The van der Waals surface area contributed by atoms with Crippen molar-refractivity contribution < 1.29 is 9.21 Å². The maximum absolute atomic E-state index is 13.4. The SMILES string of the molecule is CCC(CC)c1nnc(NC(=O)c2cc(-c3cccnc3)nc3c2cnn3Cc2ccco2)s1. The van der Waals surface area contributed by atoms with Gasteiger partial charge in [-0.3, -0.25) is 15.1 Å². The van der Waals surface area contributed by atoms with Crippen LogP contribution in [0.3, 0.4) is 0 Å². The van der Waals surface area contributed by atoms with Crippen molar-refractivity contribution in [3.05, 3.63) is 71.5 Å². The summed E-state index contributed by atoms with van der Waals surface area (Å²) in [5, 5.41) is 17.9. The van der Waals surface area contributed by atoms with Crippen LogP contribution < -0.4 is 5.32 Å². The van der Waals surface area contributed by atoms with Crippen LogP contribution in [0.1, 0.15) is 53.7 Å². The molecule has 0 radical (unpaired) electrons. The van der Waals surface area contributed by atoms with E-state index in [1.807, 2.05) is 24.3 Å². The number of furan rings is 1. The Labute approximate surface area is 199 Å². The summed E-state index contributed by atoms with van der Waals surface area (Å²) in [6.45, 7) is 4.65. The van der Waals surface area contributed by atoms with Gasteiger partial charge in [0.05, 0.1) is 29.1 Å². The van der Waals surface area contributed by atoms with E-state index < -0.39 is 0 Å². The molecule has 5 heterocycles. The van der Waals surface area contributed by atoms with Gasteiger partial charge in [-0.15, -0.1) is 10.2 Å². The van der Waals surface area contributed by atoms with Crippen molar-refractivity contribution in [2.75, 3.05) is 5.32 Å². The van der Waals surface area contributed by atoms with Crippen molar-refractivity contribution in [2.45, 2.75) is 39.2 Å². The molecule has 172 valence electrons. The first kappa shape index (κ1) is 21.9. The van der Waals surface area contributed by atoms with Crippen molar-refractivity contribution in [3.8, 4) is 11.3 Å². The van der Waals surface area contributed by atoms with E-state index in [2.05, 4.69) is 39.4 Å². The number of carbonyl (C=O) groups excluding carboxylic acids is 1. The summed E-state index contributed by atoms with van der Waals surface area (Å²) in [5.74, 6) is 0.794. The second-order valence-corrected chi connectivity index (χ2v) is 8.84. The van der Waals surface area contributed by atoms with E-state index in [1.165, 1.54) is 11.3 Å². The summed E-state index contributed by atoms with van der Waals surface area (Å²) >= 11 is 1.41. The van der Waals surface area contributed by atoms with Crippen LogP contribution in [-0.4, -0.2) is 35.9 Å². The van der Waals surface area contributed by atoms with Crippen LogP contribution in [0.5, 0.6) is 0 Å². The van der Waals surface area contributed by atoms with E-state index in [4.69, 9.17) is 9.40 Å². The van der Waals surface area contributed by atoms with Crippen LogP contribution in [0.25, 0.3) is 22.3 Å². The standard InChI is InChI=1S/C24H23N7O2S/c1-3-15(4-2)23-29-30-24(34-23)28-22(32)18-11-20(16-7-5-9-25-12-16)27-21-19(18)13-26-31(21)14-17-8-6-10-33-17/h5-13,15H,3-4,14H2,1-2H3,(H,28,30,32). The summed E-state index contributed by atoms with van der Waals surface area (Å²) in [6.07, 6.45) is 8.65. The Bertz CT molecular complexity index is 1410. The molecule has 9 nitrogen and oxygen atoms in total. The van der Waals surface area contributed by atoms with Crippen LogP contribution >= 0.6 is 11.3 Å². The lowest BCUT2D eigenvalue weighted by Gasteiger charge is -2.08. The summed E-state index contributed by atoms with van der Waals surface area (Å²) in [6, 6.07) is 9.20. The Kier molecular flexibility index (Phi) is 6.13. The van der Waals surface area contributed by atoms with Gasteiger partial charge in [0, 0.05) is 23.9 Å². The van der Waals surface area contributed by atoms with Gasteiger partial charge in [-0.05, 0) is 43.2 Å². The molecule has 0 aliphatic rings. The number of carbonyl (C=O) groups is 1. The van der Waals surface area contributed by atoms with Gasteiger partial charge in [-0.1, -0.05) is 25.2 Å². The number of anilines is 1. The number of rotatable bonds is 8. The molecular formula is C24H23N7O2S. The highest BCUT2D eigenvalue weighted by Crippen LogP contribution is 2.30. The first-order chi connectivity index (χ1) is 16.7. The quantitative estimate of drug-likeness (QED) is 0.332. The van der Waals surface area contributed by atoms with Crippen LogP contribution in [-0.2, 0) is 6.54 Å². The molecule has 34 heavy (non-hydrogen) atoms. The average Bonchev–Trinajstić information content (AvgIpc) is 3.63. The number of hydrogen-bond acceptors (Lipinski definition) is 8. The lowest BCUT2D eigenvalue weighted by atomic mass is 10.1. The number of aromatic nitrogens is 6. The van der Waals surface area contributed by atoms with Crippen molar-refractivity contribution in [1.29, 1.82) is 0 Å². The Morgan fingerprint density at radius 1 is 1.18 bits per heavy atom. The molecule has 0 fully saturated rings. The Morgan fingerprint density at radius 3 is 2.79 bits per heavy atom. The molecule has 0 unspecified atom stereocenters. The minimum absolute atomic E-state index is 0.290. The lowest BCUT2D eigenvalue weighted by molar-refractivity contribution is 0.102. The Morgan fingerprint density at radius 2 is 2.06 bits per heavy atom. The highest BCUT2D eigenvalue weighted by atomic mass is 32.1. The van der Waals surface area contributed by atoms with Gasteiger partial charge in [0.15, 0.2) is 5.65 Å². The van der Waals surface area contributed by atoms with Gasteiger partial charge in [-0.2, -0.15) is 5.10 Å². The highest BCUT2D eigenvalue weighted by molar-refractivity contribution is 7.15. The van der Waals surface area contributed by atoms with Gasteiger partial charge >= 0.3 is 0 Å². The lowest BCUT2D eigenvalue weighted by Crippen LogP contribution is -2.13. The molecule has 1 N–H and O–H groups in total. The highest BCUT2D eigenvalue weighted by Gasteiger charge is 2.20. The van der Waals surface area contributed by atoms with Crippen molar-refractivity contribution in [2.24, 2.45) is 0 Å². The monoisotopic (exact) mass is 473 g/mol. The molecule has 1 amide bonds. The van der Waals surface area contributed by atoms with Crippen molar-refractivity contribution in [3.63, 3.8) is 0 Å². The van der Waals surface area contributed by atoms with E-state index in [1.54, 1.807) is 35.6 Å². The topological polar surface area (TPSA) is 112 Å².